The number of nitrogens with one attached hydrogen (secondary N) is 1. The summed E-state index contributed by atoms with van der Waals surface area (Å²) in [5.41, 5.74) is 2.39. The minimum atomic E-state index is -0.545. The first-order valence-corrected chi connectivity index (χ1v) is 8.51. The number of imidazole rings is 1. The first kappa shape index (κ1) is 17.2. The molecule has 1 aromatic heterocycles. The highest BCUT2D eigenvalue weighted by molar-refractivity contribution is 6.03. The van der Waals surface area contributed by atoms with Crippen molar-refractivity contribution in [2.24, 2.45) is 0 Å². The number of hydrogen-bond donors (Lipinski definition) is 1. The summed E-state index contributed by atoms with van der Waals surface area (Å²) in [6.07, 6.45) is 1.55. The van der Waals surface area contributed by atoms with Gasteiger partial charge in [0, 0.05) is 11.8 Å². The number of ether oxygens (including phenoxy) is 2. The molecule has 0 fully saturated rings. The van der Waals surface area contributed by atoms with E-state index in [-0.39, 0.29) is 24.2 Å². The molecular weight excluding hydrogens is 349 g/mol. The number of fused-ring (bicyclic) bond motifs is 1. The summed E-state index contributed by atoms with van der Waals surface area (Å²) < 4.78 is 26.5. The summed E-state index contributed by atoms with van der Waals surface area (Å²) in [5.74, 6) is -0.834. The number of benzene rings is 2. The molecule has 2 heterocycles. The minimum absolute atomic E-state index is 0.0838. The fourth-order valence-corrected chi connectivity index (χ4v) is 3.12. The first-order valence-electron chi connectivity index (χ1n) is 8.51. The largest absolute Gasteiger partial charge is 0.494 e. The molecule has 3 aromatic rings. The van der Waals surface area contributed by atoms with Crippen molar-refractivity contribution in [3.05, 3.63) is 77.6 Å². The minimum Gasteiger partial charge on any atom is -0.494 e. The molecule has 1 unspecified atom stereocenters. The summed E-state index contributed by atoms with van der Waals surface area (Å²) in [4.78, 5) is 16.8. The molecule has 1 amide bonds. The predicted molar refractivity (Wildman–Crippen MR) is 97.1 cm³/mol. The quantitative estimate of drug-likeness (QED) is 0.766. The van der Waals surface area contributed by atoms with Gasteiger partial charge in [-0.2, -0.15) is 0 Å². The third-order valence-corrected chi connectivity index (χ3v) is 4.53. The van der Waals surface area contributed by atoms with Crippen LogP contribution in [0, 0.1) is 5.82 Å². The molecule has 1 atom stereocenters. The molecule has 0 spiro atoms. The lowest BCUT2D eigenvalue weighted by atomic mass is 10.1. The molecule has 0 radical (unpaired) electrons. The van der Waals surface area contributed by atoms with Gasteiger partial charge in [-0.05, 0) is 17.7 Å². The van der Waals surface area contributed by atoms with Crippen LogP contribution in [0.5, 0.6) is 5.75 Å². The van der Waals surface area contributed by atoms with Crippen molar-refractivity contribution >= 4 is 11.6 Å². The van der Waals surface area contributed by atoms with E-state index in [1.54, 1.807) is 12.4 Å². The average Bonchev–Trinajstić information content (AvgIpc) is 3.12. The Hall–Kier alpha value is -3.19. The van der Waals surface area contributed by atoms with Gasteiger partial charge in [0.25, 0.3) is 5.91 Å². The van der Waals surface area contributed by atoms with Crippen LogP contribution in [0.15, 0.2) is 54.9 Å². The van der Waals surface area contributed by atoms with Crippen LogP contribution >= 0.6 is 0 Å². The van der Waals surface area contributed by atoms with Crippen molar-refractivity contribution in [2.75, 3.05) is 12.4 Å². The maximum absolute atomic E-state index is 13.8. The van der Waals surface area contributed by atoms with E-state index >= 15 is 0 Å². The zero-order valence-corrected chi connectivity index (χ0v) is 14.7. The van der Waals surface area contributed by atoms with Gasteiger partial charge >= 0.3 is 0 Å². The van der Waals surface area contributed by atoms with Gasteiger partial charge in [0.05, 0.1) is 32.3 Å². The molecule has 138 valence electrons. The third kappa shape index (κ3) is 3.41. The van der Waals surface area contributed by atoms with Gasteiger partial charge < -0.3 is 19.4 Å². The van der Waals surface area contributed by atoms with E-state index in [2.05, 4.69) is 10.3 Å². The molecule has 0 bridgehead atoms. The number of aromatic nitrogens is 2. The lowest BCUT2D eigenvalue weighted by molar-refractivity contribution is 0.00265. The van der Waals surface area contributed by atoms with Gasteiger partial charge in [0.1, 0.15) is 6.10 Å². The molecule has 2 aromatic carbocycles. The van der Waals surface area contributed by atoms with Crippen LogP contribution in [-0.2, 0) is 17.9 Å². The number of methoxy groups -OCH3 is 1. The van der Waals surface area contributed by atoms with Crippen LogP contribution in [0.2, 0.25) is 0 Å². The van der Waals surface area contributed by atoms with Gasteiger partial charge in [-0.1, -0.05) is 30.3 Å². The number of nitrogens with zero attached hydrogens (tertiary/aromatic N) is 2. The highest BCUT2D eigenvalue weighted by atomic mass is 19.1. The monoisotopic (exact) mass is 367 g/mol. The zero-order valence-electron chi connectivity index (χ0n) is 14.7. The Bertz CT molecular complexity index is 972. The van der Waals surface area contributed by atoms with Crippen LogP contribution in [0.4, 0.5) is 10.1 Å². The van der Waals surface area contributed by atoms with Gasteiger partial charge in [-0.15, -0.1) is 0 Å². The molecule has 1 aliphatic rings. The number of amides is 1. The number of carbonyl (C=O) groups excluding carboxylic acids is 1. The average molecular weight is 367 g/mol. The summed E-state index contributed by atoms with van der Waals surface area (Å²) in [6, 6.07) is 14.2. The Kier molecular flexibility index (Phi) is 4.60. The van der Waals surface area contributed by atoms with E-state index in [0.29, 0.717) is 17.9 Å². The summed E-state index contributed by atoms with van der Waals surface area (Å²) in [5, 5.41) is 2.66. The first-order chi connectivity index (χ1) is 13.2. The predicted octanol–water partition coefficient (Wildman–Crippen LogP) is 3.55. The second kappa shape index (κ2) is 7.20. The highest BCUT2D eigenvalue weighted by Crippen LogP contribution is 2.28. The Balaban J connectivity index is 1.51. The molecule has 1 N–H and O–H groups in total. The molecule has 7 heteroatoms. The van der Waals surface area contributed by atoms with Gasteiger partial charge in [0.2, 0.25) is 0 Å². The molecule has 6 nitrogen and oxygen atoms in total. The fraction of sp³-hybridized carbons (Fsp3) is 0.200. The second-order valence-electron chi connectivity index (χ2n) is 6.21. The zero-order chi connectivity index (χ0) is 18.8. The SMILES string of the molecule is COc1ccc(NC(=O)c2ncn3c2COC(c2ccccc2)C3)cc1F. The number of rotatable bonds is 4. The maximum atomic E-state index is 13.8. The topological polar surface area (TPSA) is 65.4 Å². The van der Waals surface area contributed by atoms with Crippen LogP contribution in [0.1, 0.15) is 27.8 Å². The summed E-state index contributed by atoms with van der Waals surface area (Å²) in [6.45, 7) is 0.857. The van der Waals surface area contributed by atoms with E-state index in [9.17, 15) is 9.18 Å². The maximum Gasteiger partial charge on any atom is 0.276 e. The molecule has 4 rings (SSSR count). The van der Waals surface area contributed by atoms with Crippen molar-refractivity contribution in [3.8, 4) is 5.75 Å². The van der Waals surface area contributed by atoms with E-state index in [4.69, 9.17) is 9.47 Å². The number of carbonyl (C=O) groups is 1. The second-order valence-corrected chi connectivity index (χ2v) is 6.21. The van der Waals surface area contributed by atoms with Crippen LogP contribution in [0.25, 0.3) is 0 Å². The molecular formula is C20H18FN3O3. The lowest BCUT2D eigenvalue weighted by Gasteiger charge is -2.25. The van der Waals surface area contributed by atoms with Crippen molar-refractivity contribution in [2.45, 2.75) is 19.3 Å². The lowest BCUT2D eigenvalue weighted by Crippen LogP contribution is -2.23. The van der Waals surface area contributed by atoms with Gasteiger partial charge in [-0.3, -0.25) is 4.79 Å². The number of hydrogen-bond acceptors (Lipinski definition) is 4. The van der Waals surface area contributed by atoms with Crippen molar-refractivity contribution in [3.63, 3.8) is 0 Å². The van der Waals surface area contributed by atoms with E-state index in [0.717, 1.165) is 5.56 Å². The smallest absolute Gasteiger partial charge is 0.276 e. The van der Waals surface area contributed by atoms with Gasteiger partial charge in [-0.25, -0.2) is 9.37 Å². The van der Waals surface area contributed by atoms with Crippen LogP contribution < -0.4 is 10.1 Å². The molecule has 0 aliphatic carbocycles. The number of anilines is 1. The normalized spacial score (nSPS) is 15.9. The Labute approximate surface area is 155 Å². The Morgan fingerprint density at radius 2 is 2.11 bits per heavy atom. The third-order valence-electron chi connectivity index (χ3n) is 4.53. The Morgan fingerprint density at radius 1 is 1.30 bits per heavy atom. The van der Waals surface area contributed by atoms with Crippen molar-refractivity contribution in [1.82, 2.24) is 9.55 Å². The fourth-order valence-electron chi connectivity index (χ4n) is 3.12. The Morgan fingerprint density at radius 3 is 2.85 bits per heavy atom. The standard InChI is InChI=1S/C20H18FN3O3/c1-26-17-8-7-14(9-15(17)21)23-20(25)19-16-11-27-18(10-24(16)12-22-19)13-5-3-2-4-6-13/h2-9,12,18H,10-11H2,1H3,(H,23,25). The van der Waals surface area contributed by atoms with Gasteiger partial charge in [0.15, 0.2) is 17.3 Å². The van der Waals surface area contributed by atoms with E-state index in [1.807, 2.05) is 34.9 Å². The molecule has 0 saturated heterocycles. The summed E-state index contributed by atoms with van der Waals surface area (Å²) >= 11 is 0. The molecule has 1 aliphatic heterocycles. The van der Waals surface area contributed by atoms with Crippen molar-refractivity contribution in [1.29, 1.82) is 0 Å². The van der Waals surface area contributed by atoms with Crippen LogP contribution in [-0.4, -0.2) is 22.6 Å². The van der Waals surface area contributed by atoms with E-state index < -0.39 is 11.7 Å². The summed E-state index contributed by atoms with van der Waals surface area (Å²) in [7, 11) is 1.39. The van der Waals surface area contributed by atoms with Crippen LogP contribution in [0.3, 0.4) is 0 Å². The highest BCUT2D eigenvalue weighted by Gasteiger charge is 2.26. The molecule has 27 heavy (non-hydrogen) atoms. The molecule has 0 saturated carbocycles. The van der Waals surface area contributed by atoms with E-state index in [1.165, 1.54) is 19.2 Å². The van der Waals surface area contributed by atoms with Crippen molar-refractivity contribution < 1.29 is 18.7 Å². The number of halogens is 1.